The minimum absolute atomic E-state index is 0.0175. The van der Waals surface area contributed by atoms with Crippen LogP contribution in [0.4, 0.5) is 11.4 Å². The lowest BCUT2D eigenvalue weighted by atomic mass is 9.69. The number of hydrogen-bond acceptors (Lipinski definition) is 5. The number of allylic oxidation sites excluding steroid dienone is 2. The quantitative estimate of drug-likeness (QED) is 0.525. The summed E-state index contributed by atoms with van der Waals surface area (Å²) in [5.74, 6) is 0.214. The van der Waals surface area contributed by atoms with E-state index in [1.165, 1.54) is 12.1 Å². The Hall–Kier alpha value is -3.48. The molecule has 1 heterocycles. The van der Waals surface area contributed by atoms with Crippen LogP contribution in [0.2, 0.25) is 0 Å². The van der Waals surface area contributed by atoms with E-state index < -0.39 is 10.8 Å². The first-order valence-electron chi connectivity index (χ1n) is 10.2. The molecule has 1 amide bonds. The maximum Gasteiger partial charge on any atom is 0.269 e. The number of amides is 1. The van der Waals surface area contributed by atoms with Gasteiger partial charge < -0.3 is 4.74 Å². The van der Waals surface area contributed by atoms with Crippen LogP contribution in [-0.4, -0.2) is 23.7 Å². The number of carbonyl (C=O) groups excluding carboxylic acids is 2. The second-order valence-electron chi connectivity index (χ2n) is 8.83. The number of benzene rings is 2. The Morgan fingerprint density at radius 3 is 2.26 bits per heavy atom. The Morgan fingerprint density at radius 2 is 1.68 bits per heavy atom. The maximum absolute atomic E-state index is 13.3. The van der Waals surface area contributed by atoms with E-state index in [-0.39, 0.29) is 29.2 Å². The van der Waals surface area contributed by atoms with E-state index in [0.29, 0.717) is 29.9 Å². The molecule has 0 aromatic heterocycles. The molecule has 0 saturated heterocycles. The molecular formula is C24H24N2O5. The van der Waals surface area contributed by atoms with Crippen molar-refractivity contribution in [2.75, 3.05) is 12.0 Å². The van der Waals surface area contributed by atoms with Crippen molar-refractivity contribution in [3.63, 3.8) is 0 Å². The molecule has 0 fully saturated rings. The van der Waals surface area contributed by atoms with Crippen molar-refractivity contribution in [3.8, 4) is 5.75 Å². The molecule has 7 nitrogen and oxygen atoms in total. The van der Waals surface area contributed by atoms with Gasteiger partial charge in [-0.2, -0.15) is 0 Å². The molecule has 1 aliphatic heterocycles. The van der Waals surface area contributed by atoms with Gasteiger partial charge in [0.05, 0.1) is 12.0 Å². The van der Waals surface area contributed by atoms with Crippen molar-refractivity contribution in [1.82, 2.24) is 0 Å². The van der Waals surface area contributed by atoms with Crippen LogP contribution in [0.1, 0.15) is 44.6 Å². The van der Waals surface area contributed by atoms with Crippen molar-refractivity contribution < 1.29 is 19.2 Å². The minimum Gasteiger partial charge on any atom is -0.497 e. The molecule has 0 N–H and O–H groups in total. The number of methoxy groups -OCH3 is 1. The SMILES string of the molecule is COc1ccc(N2C(=O)C[C@@H](c3ccc([N+](=O)[O-])cc3)C3=C2CC(C)(C)CC3=O)cc1. The summed E-state index contributed by atoms with van der Waals surface area (Å²) in [7, 11) is 1.58. The highest BCUT2D eigenvalue weighted by Crippen LogP contribution is 2.48. The molecule has 31 heavy (non-hydrogen) atoms. The largest absolute Gasteiger partial charge is 0.497 e. The van der Waals surface area contributed by atoms with E-state index in [1.807, 2.05) is 26.0 Å². The van der Waals surface area contributed by atoms with E-state index >= 15 is 0 Å². The molecule has 2 aromatic rings. The lowest BCUT2D eigenvalue weighted by Gasteiger charge is -2.43. The van der Waals surface area contributed by atoms with E-state index in [4.69, 9.17) is 4.74 Å². The molecule has 1 aliphatic carbocycles. The van der Waals surface area contributed by atoms with Gasteiger partial charge in [-0.05, 0) is 41.7 Å². The zero-order valence-electron chi connectivity index (χ0n) is 17.8. The third-order valence-corrected chi connectivity index (χ3v) is 5.98. The lowest BCUT2D eigenvalue weighted by Crippen LogP contribution is -2.43. The second kappa shape index (κ2) is 7.65. The fourth-order valence-corrected chi connectivity index (χ4v) is 4.56. The number of hydrogen-bond donors (Lipinski definition) is 0. The third-order valence-electron chi connectivity index (χ3n) is 5.98. The molecule has 0 bridgehead atoms. The predicted octanol–water partition coefficient (Wildman–Crippen LogP) is 4.77. The molecule has 2 aliphatic rings. The third kappa shape index (κ3) is 3.83. The number of nitro benzene ring substituents is 1. The normalized spacial score (nSPS) is 20.5. The average Bonchev–Trinajstić information content (AvgIpc) is 2.72. The number of ketones is 1. The second-order valence-corrected chi connectivity index (χ2v) is 8.83. The average molecular weight is 420 g/mol. The van der Waals surface area contributed by atoms with Gasteiger partial charge in [0.1, 0.15) is 5.75 Å². The van der Waals surface area contributed by atoms with Gasteiger partial charge >= 0.3 is 0 Å². The summed E-state index contributed by atoms with van der Waals surface area (Å²) in [5.41, 5.74) is 2.53. The summed E-state index contributed by atoms with van der Waals surface area (Å²) in [6.45, 7) is 4.06. The molecule has 1 atom stereocenters. The monoisotopic (exact) mass is 420 g/mol. The number of rotatable bonds is 4. The van der Waals surface area contributed by atoms with Crippen LogP contribution in [0.3, 0.4) is 0 Å². The summed E-state index contributed by atoms with van der Waals surface area (Å²) < 4.78 is 5.22. The Labute approximate surface area is 180 Å². The van der Waals surface area contributed by atoms with Crippen LogP contribution in [0.25, 0.3) is 0 Å². The number of non-ortho nitro benzene ring substituents is 1. The molecule has 0 saturated carbocycles. The van der Waals surface area contributed by atoms with Crippen molar-refractivity contribution in [1.29, 1.82) is 0 Å². The number of ether oxygens (including phenoxy) is 1. The Kier molecular flexibility index (Phi) is 5.13. The van der Waals surface area contributed by atoms with Gasteiger partial charge in [-0.15, -0.1) is 0 Å². The van der Waals surface area contributed by atoms with Gasteiger partial charge in [0.2, 0.25) is 5.91 Å². The van der Waals surface area contributed by atoms with E-state index in [1.54, 1.807) is 36.3 Å². The molecule has 4 rings (SSSR count). The zero-order chi connectivity index (χ0) is 22.3. The number of nitro groups is 1. The fraction of sp³-hybridized carbons (Fsp3) is 0.333. The molecule has 0 spiro atoms. The van der Waals surface area contributed by atoms with Gasteiger partial charge in [0, 0.05) is 47.8 Å². The van der Waals surface area contributed by atoms with Crippen LogP contribution >= 0.6 is 0 Å². The van der Waals surface area contributed by atoms with Crippen molar-refractivity contribution >= 4 is 23.1 Å². The highest BCUT2D eigenvalue weighted by atomic mass is 16.6. The molecule has 0 unspecified atom stereocenters. The first-order chi connectivity index (χ1) is 14.7. The van der Waals surface area contributed by atoms with E-state index in [2.05, 4.69) is 0 Å². The Balaban J connectivity index is 1.83. The lowest BCUT2D eigenvalue weighted by molar-refractivity contribution is -0.384. The maximum atomic E-state index is 13.3. The first kappa shape index (κ1) is 20.8. The van der Waals surface area contributed by atoms with Gasteiger partial charge in [0.25, 0.3) is 5.69 Å². The molecule has 7 heteroatoms. The fourth-order valence-electron chi connectivity index (χ4n) is 4.56. The molecule has 160 valence electrons. The first-order valence-corrected chi connectivity index (χ1v) is 10.2. The minimum atomic E-state index is -0.458. The predicted molar refractivity (Wildman–Crippen MR) is 116 cm³/mol. The van der Waals surface area contributed by atoms with Crippen molar-refractivity contribution in [3.05, 3.63) is 75.5 Å². The van der Waals surface area contributed by atoms with Gasteiger partial charge in [-0.25, -0.2) is 0 Å². The van der Waals surface area contributed by atoms with Crippen molar-refractivity contribution in [2.45, 2.75) is 39.0 Å². The summed E-state index contributed by atoms with van der Waals surface area (Å²) in [5, 5.41) is 11.0. The summed E-state index contributed by atoms with van der Waals surface area (Å²) in [6, 6.07) is 13.4. The van der Waals surface area contributed by atoms with Crippen LogP contribution < -0.4 is 9.64 Å². The standard InChI is InChI=1S/C24H24N2O5/c1-24(2)13-20-23(21(27)14-24)19(15-4-6-17(7-5-15)26(29)30)12-22(28)25(20)16-8-10-18(31-3)11-9-16/h4-11,19H,12-14H2,1-3H3/t19-/m0/s1. The van der Waals surface area contributed by atoms with Gasteiger partial charge in [-0.1, -0.05) is 26.0 Å². The van der Waals surface area contributed by atoms with Crippen LogP contribution in [0, 0.1) is 15.5 Å². The number of carbonyl (C=O) groups is 2. The molecule has 0 radical (unpaired) electrons. The molecule has 2 aromatic carbocycles. The van der Waals surface area contributed by atoms with Crippen molar-refractivity contribution in [2.24, 2.45) is 5.41 Å². The highest BCUT2D eigenvalue weighted by molar-refractivity contribution is 6.07. The zero-order valence-corrected chi connectivity index (χ0v) is 17.8. The van der Waals surface area contributed by atoms with Gasteiger partial charge in [0.15, 0.2) is 5.78 Å². The Bertz CT molecular complexity index is 1080. The number of Topliss-reactive ketones (excluding diaryl/α,β-unsaturated/α-hetero) is 1. The summed E-state index contributed by atoms with van der Waals surface area (Å²) >= 11 is 0. The summed E-state index contributed by atoms with van der Waals surface area (Å²) in [6.07, 6.45) is 1.13. The van der Waals surface area contributed by atoms with E-state index in [0.717, 1.165) is 11.3 Å². The molecular weight excluding hydrogens is 396 g/mol. The van der Waals surface area contributed by atoms with Gasteiger partial charge in [-0.3, -0.25) is 24.6 Å². The number of nitrogens with zero attached hydrogens (tertiary/aromatic N) is 2. The number of anilines is 1. The highest BCUT2D eigenvalue weighted by Gasteiger charge is 2.44. The van der Waals surface area contributed by atoms with Crippen LogP contribution in [0.5, 0.6) is 5.75 Å². The Morgan fingerprint density at radius 1 is 1.03 bits per heavy atom. The smallest absolute Gasteiger partial charge is 0.269 e. The van der Waals surface area contributed by atoms with Crippen LogP contribution in [-0.2, 0) is 9.59 Å². The van der Waals surface area contributed by atoms with E-state index in [9.17, 15) is 19.7 Å². The summed E-state index contributed by atoms with van der Waals surface area (Å²) in [4.78, 5) is 38.8. The topological polar surface area (TPSA) is 89.8 Å². The van der Waals surface area contributed by atoms with Crippen LogP contribution in [0.15, 0.2) is 59.8 Å².